The summed E-state index contributed by atoms with van der Waals surface area (Å²) < 4.78 is 6.49. The van der Waals surface area contributed by atoms with Gasteiger partial charge in [-0.1, -0.05) is 74.4 Å². The minimum atomic E-state index is -1.72. The van der Waals surface area contributed by atoms with E-state index in [2.05, 4.69) is 111 Å². The lowest BCUT2D eigenvalue weighted by molar-refractivity contribution is -0.00000719. The van der Waals surface area contributed by atoms with Gasteiger partial charge in [0.1, 0.15) is 23.2 Å². The number of halogens is 1. The van der Waals surface area contributed by atoms with Gasteiger partial charge in [-0.3, -0.25) is 0 Å². The first-order chi connectivity index (χ1) is 14.6. The fourth-order valence-corrected chi connectivity index (χ4v) is 10.6. The molecule has 4 heteroatoms. The van der Waals surface area contributed by atoms with E-state index < -0.39 is 15.6 Å². The van der Waals surface area contributed by atoms with Crippen molar-refractivity contribution in [3.8, 4) is 0 Å². The molecule has 31 heavy (non-hydrogen) atoms. The van der Waals surface area contributed by atoms with E-state index in [9.17, 15) is 0 Å². The summed E-state index contributed by atoms with van der Waals surface area (Å²) >= 11 is 0. The SMILES string of the molecule is CCCC[Si](C)(C)OCCC[P+](c1ccccc1)(c1ccccc1)c1ccccc1.[Br-]. The Labute approximate surface area is 201 Å². The van der Waals surface area contributed by atoms with Gasteiger partial charge in [0.15, 0.2) is 8.32 Å². The van der Waals surface area contributed by atoms with Crippen LogP contribution >= 0.6 is 7.26 Å². The molecule has 0 N–H and O–H groups in total. The Morgan fingerprint density at radius 2 is 1.10 bits per heavy atom. The quantitative estimate of drug-likeness (QED) is 0.216. The molecule has 166 valence electrons. The van der Waals surface area contributed by atoms with Gasteiger partial charge in [-0.25, -0.2) is 0 Å². The Kier molecular flexibility index (Phi) is 10.7. The second kappa shape index (κ2) is 12.7. The van der Waals surface area contributed by atoms with Gasteiger partial charge in [-0.05, 0) is 55.5 Å². The second-order valence-corrected chi connectivity index (χ2v) is 16.5. The van der Waals surface area contributed by atoms with Crippen LogP contribution in [0.15, 0.2) is 91.0 Å². The summed E-state index contributed by atoms with van der Waals surface area (Å²) in [4.78, 5) is 0. The maximum atomic E-state index is 6.49. The highest BCUT2D eigenvalue weighted by Gasteiger charge is 2.44. The number of hydrogen-bond donors (Lipinski definition) is 0. The first kappa shape index (κ1) is 26.0. The zero-order valence-electron chi connectivity index (χ0n) is 19.1. The van der Waals surface area contributed by atoms with E-state index in [1.54, 1.807) is 0 Å². The van der Waals surface area contributed by atoms with Crippen LogP contribution in [0.1, 0.15) is 26.2 Å². The zero-order valence-corrected chi connectivity index (χ0v) is 22.6. The molecule has 0 aromatic heterocycles. The highest BCUT2D eigenvalue weighted by atomic mass is 79.9. The largest absolute Gasteiger partial charge is 1.00 e. The summed E-state index contributed by atoms with van der Waals surface area (Å²) in [5, 5.41) is 4.39. The Hall–Kier alpha value is -1.25. The van der Waals surface area contributed by atoms with Crippen molar-refractivity contribution in [2.75, 3.05) is 12.8 Å². The first-order valence-corrected chi connectivity index (χ1v) is 16.4. The van der Waals surface area contributed by atoms with Crippen molar-refractivity contribution < 1.29 is 21.4 Å². The van der Waals surface area contributed by atoms with Gasteiger partial charge in [0, 0.05) is 13.0 Å². The Balaban J connectivity index is 0.00000341. The lowest BCUT2D eigenvalue weighted by Gasteiger charge is -2.28. The molecule has 0 saturated heterocycles. The second-order valence-electron chi connectivity index (χ2n) is 8.61. The molecular formula is C27H36BrOPSi. The van der Waals surface area contributed by atoms with Gasteiger partial charge in [0.25, 0.3) is 0 Å². The normalized spacial score (nSPS) is 11.7. The topological polar surface area (TPSA) is 9.23 Å². The molecule has 0 amide bonds. The van der Waals surface area contributed by atoms with Gasteiger partial charge in [0.05, 0.1) is 6.16 Å². The summed E-state index contributed by atoms with van der Waals surface area (Å²) in [6.45, 7) is 7.88. The fourth-order valence-electron chi connectivity index (χ4n) is 4.21. The van der Waals surface area contributed by atoms with E-state index in [1.807, 2.05) is 0 Å². The van der Waals surface area contributed by atoms with Gasteiger partial charge >= 0.3 is 0 Å². The number of benzene rings is 3. The standard InChI is InChI=1S/C27H36OPSi.BrH/c1-4-5-24-30(2,3)28-22-15-23-29(25-16-9-6-10-17-25,26-18-11-7-12-19-26)27-20-13-8-14-21-27;/h6-14,16-21H,4-5,15,22-24H2,1-3H3;1H/q+1;/p-1. The van der Waals surface area contributed by atoms with E-state index in [0.717, 1.165) is 19.2 Å². The van der Waals surface area contributed by atoms with Crippen LogP contribution in [0.4, 0.5) is 0 Å². The fraction of sp³-hybridized carbons (Fsp3) is 0.333. The third-order valence-corrected chi connectivity index (χ3v) is 12.9. The summed E-state index contributed by atoms with van der Waals surface area (Å²) in [6, 6.07) is 34.7. The molecule has 0 saturated carbocycles. The van der Waals surface area contributed by atoms with Crippen molar-refractivity contribution in [3.05, 3.63) is 91.0 Å². The lowest BCUT2D eigenvalue weighted by Crippen LogP contribution is -3.00. The minimum absolute atomic E-state index is 0. The van der Waals surface area contributed by atoms with E-state index >= 15 is 0 Å². The van der Waals surface area contributed by atoms with Gasteiger partial charge in [0.2, 0.25) is 0 Å². The molecule has 0 heterocycles. The molecule has 0 spiro atoms. The van der Waals surface area contributed by atoms with Crippen LogP contribution in [0.25, 0.3) is 0 Å². The van der Waals surface area contributed by atoms with Crippen molar-refractivity contribution in [2.45, 2.75) is 45.3 Å². The summed E-state index contributed by atoms with van der Waals surface area (Å²) in [5.41, 5.74) is 0. The maximum Gasteiger partial charge on any atom is 0.186 e. The summed E-state index contributed by atoms with van der Waals surface area (Å²) in [7, 11) is -3.27. The van der Waals surface area contributed by atoms with Crippen molar-refractivity contribution >= 4 is 31.5 Å². The molecule has 0 aliphatic rings. The molecule has 0 aliphatic heterocycles. The van der Waals surface area contributed by atoms with E-state index in [1.165, 1.54) is 34.8 Å². The third kappa shape index (κ3) is 6.86. The van der Waals surface area contributed by atoms with Crippen molar-refractivity contribution in [1.29, 1.82) is 0 Å². The molecule has 3 rings (SSSR count). The first-order valence-electron chi connectivity index (χ1n) is 11.3. The van der Waals surface area contributed by atoms with E-state index in [-0.39, 0.29) is 17.0 Å². The Morgan fingerprint density at radius 1 is 0.677 bits per heavy atom. The average molecular weight is 516 g/mol. The number of unbranched alkanes of at least 4 members (excludes halogenated alkanes) is 1. The van der Waals surface area contributed by atoms with Crippen LogP contribution in [0, 0.1) is 0 Å². The smallest absolute Gasteiger partial charge is 0.186 e. The van der Waals surface area contributed by atoms with Gasteiger partial charge in [-0.2, -0.15) is 0 Å². The predicted molar refractivity (Wildman–Crippen MR) is 138 cm³/mol. The molecule has 0 atom stereocenters. The molecule has 1 nitrogen and oxygen atoms in total. The lowest BCUT2D eigenvalue weighted by atomic mass is 10.4. The minimum Gasteiger partial charge on any atom is -1.00 e. The predicted octanol–water partition coefficient (Wildman–Crippen LogP) is 3.40. The number of rotatable bonds is 11. The van der Waals surface area contributed by atoms with Crippen molar-refractivity contribution in [2.24, 2.45) is 0 Å². The van der Waals surface area contributed by atoms with Crippen LogP contribution in [0.3, 0.4) is 0 Å². The maximum absolute atomic E-state index is 6.49. The van der Waals surface area contributed by atoms with E-state index in [4.69, 9.17) is 4.43 Å². The Morgan fingerprint density at radius 3 is 1.48 bits per heavy atom. The average Bonchev–Trinajstić information content (AvgIpc) is 2.80. The van der Waals surface area contributed by atoms with Crippen LogP contribution < -0.4 is 32.9 Å². The molecule has 0 bridgehead atoms. The summed E-state index contributed by atoms with van der Waals surface area (Å²) in [6.07, 6.45) is 4.77. The number of hydrogen-bond acceptors (Lipinski definition) is 1. The van der Waals surface area contributed by atoms with Gasteiger partial charge in [-0.15, -0.1) is 0 Å². The molecule has 0 unspecified atom stereocenters. The molecule has 0 aliphatic carbocycles. The monoisotopic (exact) mass is 514 g/mol. The third-order valence-electron chi connectivity index (χ3n) is 5.85. The zero-order chi connectivity index (χ0) is 21.3. The molecular weight excluding hydrogens is 479 g/mol. The molecule has 0 radical (unpaired) electrons. The van der Waals surface area contributed by atoms with Crippen molar-refractivity contribution in [1.82, 2.24) is 0 Å². The highest BCUT2D eigenvalue weighted by molar-refractivity contribution is 7.95. The molecule has 3 aromatic carbocycles. The molecule has 0 fully saturated rings. The van der Waals surface area contributed by atoms with E-state index in [0.29, 0.717) is 0 Å². The Bertz CT molecular complexity index is 775. The van der Waals surface area contributed by atoms with Gasteiger partial charge < -0.3 is 21.4 Å². The van der Waals surface area contributed by atoms with Crippen LogP contribution in [0.2, 0.25) is 19.1 Å². The highest BCUT2D eigenvalue weighted by Crippen LogP contribution is 2.55. The van der Waals surface area contributed by atoms with Crippen LogP contribution in [0.5, 0.6) is 0 Å². The van der Waals surface area contributed by atoms with Crippen LogP contribution in [-0.4, -0.2) is 21.1 Å². The summed E-state index contributed by atoms with van der Waals surface area (Å²) in [5.74, 6) is 0. The molecule has 3 aromatic rings. The van der Waals surface area contributed by atoms with Crippen molar-refractivity contribution in [3.63, 3.8) is 0 Å². The van der Waals surface area contributed by atoms with Crippen LogP contribution in [-0.2, 0) is 4.43 Å².